The van der Waals surface area contributed by atoms with Gasteiger partial charge in [0.25, 0.3) is 0 Å². The van der Waals surface area contributed by atoms with Gasteiger partial charge in [0, 0.05) is 25.5 Å². The van der Waals surface area contributed by atoms with E-state index < -0.39 is 73.4 Å². The fraction of sp³-hybridized carbons (Fsp3) is 0.583. The summed E-state index contributed by atoms with van der Waals surface area (Å²) in [6.07, 6.45) is -3.74. The third kappa shape index (κ3) is 4.92. The Balaban J connectivity index is 1.53. The molecule has 4 N–H and O–H groups in total. The number of ether oxygens (including phenoxy) is 1. The highest BCUT2D eigenvalue weighted by atomic mass is 32.2. The van der Waals surface area contributed by atoms with Crippen LogP contribution in [0.4, 0.5) is 10.2 Å². The quantitative estimate of drug-likeness (QED) is 0.230. The lowest BCUT2D eigenvalue weighted by molar-refractivity contribution is -0.0629. The van der Waals surface area contributed by atoms with Gasteiger partial charge in [0.05, 0.1) is 33.5 Å². The van der Waals surface area contributed by atoms with E-state index in [4.69, 9.17) is 14.3 Å². The first-order chi connectivity index (χ1) is 20.1. The van der Waals surface area contributed by atoms with Crippen LogP contribution in [0.15, 0.2) is 23.3 Å². The monoisotopic (exact) mass is 525 g/mol. The second-order valence-corrected chi connectivity index (χ2v) is 9.66. The molecule has 2 aromatic heterocycles. The van der Waals surface area contributed by atoms with Gasteiger partial charge in [-0.3, -0.25) is 0 Å². The number of rotatable bonds is 10. The zero-order chi connectivity index (χ0) is 31.6. The molecule has 2 aliphatic carbocycles. The molecule has 0 unspecified atom stereocenters. The standard InChI is InChI=1S/C24H31FN6O4S/c1-3-8-36-24-27-22(26-16-10-14(16)13-5-4-12(2)15(25)9-13)19-23(28-24)31(30-29-19)17-11-18(35-7-6-32)21(34)20(17)33/h4-5,9,14,16-18,20-21,32-34H,3,6-8,10-11H2,1-2H3,(H,26,27,28)/t14-,16+,17+,18-,20-,21+/m0/s1/i4D,5D,7D2,9D,14D,16D. The van der Waals surface area contributed by atoms with Crippen LogP contribution in [0.1, 0.15) is 58.8 Å². The SMILES string of the molecule is [2H]c1c([2H])c([C@]2([2H])C[C@@]2([2H])Nc2nc(SCCC)nc3c2nnn3[C@@H]2C[C@H](OC([2H])([2H])CO)[C@@H](O)[C@H]2O)c([2H])c(F)c1C. The minimum absolute atomic E-state index is 0.00633. The molecule has 0 spiro atoms. The number of thioether (sulfide) groups is 1. The van der Waals surface area contributed by atoms with Gasteiger partial charge in [0.15, 0.2) is 22.1 Å². The van der Waals surface area contributed by atoms with Crippen molar-refractivity contribution in [2.75, 3.05) is 24.2 Å². The van der Waals surface area contributed by atoms with E-state index in [9.17, 15) is 19.7 Å². The molecular formula is C24H31FN6O4S. The number of aliphatic hydroxyl groups is 3. The summed E-state index contributed by atoms with van der Waals surface area (Å²) in [4.78, 5) is 8.99. The molecule has 5 rings (SSSR count). The zero-order valence-electron chi connectivity index (χ0n) is 26.6. The third-order valence-electron chi connectivity index (χ3n) is 6.05. The lowest BCUT2D eigenvalue weighted by Gasteiger charge is -2.17. The van der Waals surface area contributed by atoms with E-state index in [2.05, 4.69) is 25.6 Å². The number of aromatic nitrogens is 5. The largest absolute Gasteiger partial charge is 0.394 e. The van der Waals surface area contributed by atoms with Crippen LogP contribution in [0.2, 0.25) is 0 Å². The Labute approximate surface area is 222 Å². The Morgan fingerprint density at radius 2 is 2.17 bits per heavy atom. The number of nitrogens with zero attached hydrogens (tertiary/aromatic N) is 5. The molecule has 2 saturated carbocycles. The van der Waals surface area contributed by atoms with Gasteiger partial charge >= 0.3 is 0 Å². The predicted molar refractivity (Wildman–Crippen MR) is 133 cm³/mol. The molecule has 194 valence electrons. The summed E-state index contributed by atoms with van der Waals surface area (Å²) in [6.45, 7) is -0.186. The Morgan fingerprint density at radius 1 is 1.33 bits per heavy atom. The maximum atomic E-state index is 14.7. The molecule has 2 heterocycles. The van der Waals surface area contributed by atoms with Gasteiger partial charge < -0.3 is 25.4 Å². The number of hydrogen-bond acceptors (Lipinski definition) is 10. The van der Waals surface area contributed by atoms with Crippen LogP contribution in [0.5, 0.6) is 0 Å². The van der Waals surface area contributed by atoms with Crippen molar-refractivity contribution in [3.8, 4) is 0 Å². The van der Waals surface area contributed by atoms with Crippen molar-refractivity contribution in [2.45, 2.75) is 74.5 Å². The van der Waals surface area contributed by atoms with Crippen molar-refractivity contribution in [2.24, 2.45) is 0 Å². The fourth-order valence-corrected chi connectivity index (χ4v) is 4.77. The van der Waals surface area contributed by atoms with Crippen LogP contribution < -0.4 is 5.32 Å². The van der Waals surface area contributed by atoms with Crippen LogP contribution in [0, 0.1) is 12.7 Å². The first-order valence-electron chi connectivity index (χ1n) is 15.0. The maximum Gasteiger partial charge on any atom is 0.191 e. The van der Waals surface area contributed by atoms with E-state index in [0.717, 1.165) is 6.42 Å². The predicted octanol–water partition coefficient (Wildman–Crippen LogP) is 2.18. The summed E-state index contributed by atoms with van der Waals surface area (Å²) >= 11 is 1.28. The Bertz CT molecular complexity index is 1540. The molecule has 1 aromatic carbocycles. The minimum Gasteiger partial charge on any atom is -0.394 e. The number of halogens is 1. The van der Waals surface area contributed by atoms with Crippen LogP contribution in [-0.4, -0.2) is 83.5 Å². The van der Waals surface area contributed by atoms with Crippen molar-refractivity contribution in [3.05, 3.63) is 35.1 Å². The van der Waals surface area contributed by atoms with Gasteiger partial charge in [-0.2, -0.15) is 0 Å². The van der Waals surface area contributed by atoms with E-state index in [-0.39, 0.29) is 46.1 Å². The molecule has 0 aliphatic heterocycles. The van der Waals surface area contributed by atoms with Crippen molar-refractivity contribution in [1.82, 2.24) is 25.0 Å². The first-order valence-corrected chi connectivity index (χ1v) is 12.5. The molecule has 0 saturated heterocycles. The summed E-state index contributed by atoms with van der Waals surface area (Å²) < 4.78 is 79.1. The molecule has 10 nitrogen and oxygen atoms in total. The smallest absolute Gasteiger partial charge is 0.191 e. The summed E-state index contributed by atoms with van der Waals surface area (Å²) in [5, 5.41) is 41.9. The van der Waals surface area contributed by atoms with E-state index in [0.29, 0.717) is 5.75 Å². The second-order valence-electron chi connectivity index (χ2n) is 8.60. The van der Waals surface area contributed by atoms with Crippen molar-refractivity contribution >= 4 is 28.7 Å². The highest BCUT2D eigenvalue weighted by molar-refractivity contribution is 7.99. The molecular weight excluding hydrogens is 487 g/mol. The number of aliphatic hydroxyl groups excluding tert-OH is 3. The summed E-state index contributed by atoms with van der Waals surface area (Å²) in [7, 11) is 0. The van der Waals surface area contributed by atoms with Gasteiger partial charge in [0.1, 0.15) is 18.0 Å². The lowest BCUT2D eigenvalue weighted by Crippen LogP contribution is -2.33. The fourth-order valence-electron chi connectivity index (χ4n) is 4.08. The van der Waals surface area contributed by atoms with Crippen molar-refractivity contribution in [3.63, 3.8) is 0 Å². The number of nitrogens with one attached hydrogen (secondary N) is 1. The Morgan fingerprint density at radius 3 is 2.94 bits per heavy atom. The third-order valence-corrected chi connectivity index (χ3v) is 7.11. The van der Waals surface area contributed by atoms with Gasteiger partial charge in [-0.25, -0.2) is 19.0 Å². The number of benzene rings is 1. The van der Waals surface area contributed by atoms with Gasteiger partial charge in [0.2, 0.25) is 0 Å². The number of anilines is 1. The summed E-state index contributed by atoms with van der Waals surface area (Å²) in [6, 6.07) is -4.51. The van der Waals surface area contributed by atoms with E-state index in [1.54, 1.807) is 0 Å². The van der Waals surface area contributed by atoms with Crippen LogP contribution >= 0.6 is 11.8 Å². The lowest BCUT2D eigenvalue weighted by atomic mass is 10.1. The summed E-state index contributed by atoms with van der Waals surface area (Å²) in [5.41, 5.74) is -0.408. The number of fused-ring (bicyclic) bond motifs is 1. The van der Waals surface area contributed by atoms with E-state index in [1.165, 1.54) is 23.4 Å². The molecule has 0 radical (unpaired) electrons. The summed E-state index contributed by atoms with van der Waals surface area (Å²) in [5.74, 6) is -2.36. The zero-order valence-corrected chi connectivity index (χ0v) is 20.4. The topological polar surface area (TPSA) is 138 Å². The highest BCUT2D eigenvalue weighted by Gasteiger charge is 2.45. The molecule has 2 fully saturated rings. The Hall–Kier alpha value is -2.38. The Kier molecular flexibility index (Phi) is 5.26. The van der Waals surface area contributed by atoms with Gasteiger partial charge in [-0.15, -0.1) is 5.10 Å². The minimum atomic E-state index is -2.46. The maximum absolute atomic E-state index is 14.7. The molecule has 3 aromatic rings. The normalized spacial score (nSPS) is 34.9. The molecule has 0 amide bonds. The molecule has 6 atom stereocenters. The van der Waals surface area contributed by atoms with Crippen molar-refractivity contribution in [1.29, 1.82) is 0 Å². The van der Waals surface area contributed by atoms with E-state index in [1.807, 2.05) is 6.92 Å². The van der Waals surface area contributed by atoms with Crippen LogP contribution in [-0.2, 0) is 4.74 Å². The van der Waals surface area contributed by atoms with E-state index >= 15 is 0 Å². The molecule has 2 aliphatic rings. The molecule has 12 heteroatoms. The second kappa shape index (κ2) is 10.5. The average Bonchev–Trinajstić information content (AvgIpc) is 3.20. The average molecular weight is 526 g/mol. The van der Waals surface area contributed by atoms with Gasteiger partial charge in [-0.1, -0.05) is 36.0 Å². The van der Waals surface area contributed by atoms with Crippen LogP contribution in [0.3, 0.4) is 0 Å². The molecule has 36 heavy (non-hydrogen) atoms. The first kappa shape index (κ1) is 18.0. The number of hydrogen-bond donors (Lipinski definition) is 4. The van der Waals surface area contributed by atoms with Crippen LogP contribution in [0.25, 0.3) is 11.2 Å². The van der Waals surface area contributed by atoms with Gasteiger partial charge in [-0.05, 0) is 36.9 Å². The molecule has 0 bridgehead atoms. The van der Waals surface area contributed by atoms with Crippen molar-refractivity contribution < 1.29 is 34.0 Å². The highest BCUT2D eigenvalue weighted by Crippen LogP contribution is 2.44.